The molecule has 1 aliphatic rings. The Balaban J connectivity index is 1.88. The van der Waals surface area contributed by atoms with E-state index in [1.165, 1.54) is 18.2 Å². The second-order valence-electron chi connectivity index (χ2n) is 5.88. The summed E-state index contributed by atoms with van der Waals surface area (Å²) in [6.45, 7) is 2.06. The molecular weight excluding hydrogens is 344 g/mol. The average Bonchev–Trinajstić information content (AvgIpc) is 2.95. The van der Waals surface area contributed by atoms with Crippen LogP contribution in [0.3, 0.4) is 0 Å². The van der Waals surface area contributed by atoms with Gasteiger partial charge in [-0.15, -0.1) is 6.42 Å². The Morgan fingerprint density at radius 3 is 2.56 bits per heavy atom. The summed E-state index contributed by atoms with van der Waals surface area (Å²) >= 11 is 0. The largest absolute Gasteiger partial charge is 0.493 e. The molecule has 1 N–H and O–H groups in total. The molecule has 0 bridgehead atoms. The van der Waals surface area contributed by atoms with E-state index in [2.05, 4.69) is 11.3 Å². The molecule has 0 saturated carbocycles. The van der Waals surface area contributed by atoms with Gasteiger partial charge in [0.05, 0.1) is 12.8 Å². The van der Waals surface area contributed by atoms with Crippen LogP contribution in [0.4, 0.5) is 5.69 Å². The van der Waals surface area contributed by atoms with E-state index in [1.54, 1.807) is 30.3 Å². The quantitative estimate of drug-likeness (QED) is 0.504. The van der Waals surface area contributed by atoms with Crippen molar-refractivity contribution in [2.45, 2.75) is 6.92 Å². The van der Waals surface area contributed by atoms with Gasteiger partial charge in [0.25, 0.3) is 11.8 Å². The van der Waals surface area contributed by atoms with Gasteiger partial charge in [0.15, 0.2) is 11.5 Å². The first-order valence-corrected chi connectivity index (χ1v) is 8.21. The SMILES string of the molecule is C#CCOc1ccc(/C=C2/C(=O)NN(c3ccc(C)cc3)C2=O)cc1OC. The number of ether oxygens (including phenoxy) is 2. The number of rotatable bonds is 5. The molecule has 136 valence electrons. The molecule has 1 fully saturated rings. The van der Waals surface area contributed by atoms with E-state index < -0.39 is 11.8 Å². The third-order valence-electron chi connectivity index (χ3n) is 3.99. The fourth-order valence-corrected chi connectivity index (χ4v) is 2.61. The first kappa shape index (κ1) is 18.1. The van der Waals surface area contributed by atoms with Crippen molar-refractivity contribution in [3.05, 3.63) is 59.2 Å². The molecule has 0 atom stereocenters. The first-order valence-electron chi connectivity index (χ1n) is 8.21. The van der Waals surface area contributed by atoms with Crippen LogP contribution in [0.5, 0.6) is 11.5 Å². The molecule has 0 radical (unpaired) electrons. The maximum Gasteiger partial charge on any atom is 0.282 e. The van der Waals surface area contributed by atoms with Crippen LogP contribution in [0.15, 0.2) is 48.0 Å². The number of nitrogens with zero attached hydrogens (tertiary/aromatic N) is 1. The highest BCUT2D eigenvalue weighted by atomic mass is 16.5. The van der Waals surface area contributed by atoms with Gasteiger partial charge in [0.2, 0.25) is 0 Å². The molecule has 0 spiro atoms. The molecule has 0 aromatic heterocycles. The minimum absolute atomic E-state index is 0.0370. The number of aryl methyl sites for hydroxylation is 1. The van der Waals surface area contributed by atoms with E-state index in [4.69, 9.17) is 15.9 Å². The minimum Gasteiger partial charge on any atom is -0.493 e. The maximum atomic E-state index is 12.7. The number of nitrogens with one attached hydrogen (secondary N) is 1. The Labute approximate surface area is 157 Å². The van der Waals surface area contributed by atoms with E-state index in [0.717, 1.165) is 5.56 Å². The maximum absolute atomic E-state index is 12.7. The van der Waals surface area contributed by atoms with Gasteiger partial charge in [-0.05, 0) is 42.8 Å². The number of carbonyl (C=O) groups is 2. The van der Waals surface area contributed by atoms with Gasteiger partial charge in [0, 0.05) is 0 Å². The summed E-state index contributed by atoms with van der Waals surface area (Å²) < 4.78 is 10.7. The number of amides is 2. The number of benzene rings is 2. The summed E-state index contributed by atoms with van der Waals surface area (Å²) in [5.74, 6) is 2.44. The lowest BCUT2D eigenvalue weighted by molar-refractivity contribution is -0.117. The number of hydrazine groups is 1. The Kier molecular flexibility index (Phi) is 5.13. The van der Waals surface area contributed by atoms with Gasteiger partial charge in [0.1, 0.15) is 12.2 Å². The predicted octanol–water partition coefficient (Wildman–Crippen LogP) is 2.48. The molecule has 2 amide bonds. The van der Waals surface area contributed by atoms with E-state index in [9.17, 15) is 9.59 Å². The zero-order valence-corrected chi connectivity index (χ0v) is 15.0. The second kappa shape index (κ2) is 7.67. The molecule has 6 nitrogen and oxygen atoms in total. The highest BCUT2D eigenvalue weighted by molar-refractivity contribution is 6.31. The Morgan fingerprint density at radius 1 is 1.15 bits per heavy atom. The van der Waals surface area contributed by atoms with Crippen LogP contribution in [-0.4, -0.2) is 25.5 Å². The van der Waals surface area contributed by atoms with Crippen molar-refractivity contribution in [3.63, 3.8) is 0 Å². The monoisotopic (exact) mass is 362 g/mol. The molecule has 2 aromatic carbocycles. The Bertz CT molecular complexity index is 955. The number of hydrogen-bond acceptors (Lipinski definition) is 4. The van der Waals surface area contributed by atoms with Crippen molar-refractivity contribution in [3.8, 4) is 23.8 Å². The first-order chi connectivity index (χ1) is 13.0. The highest BCUT2D eigenvalue weighted by Crippen LogP contribution is 2.30. The lowest BCUT2D eigenvalue weighted by Crippen LogP contribution is -2.35. The summed E-state index contributed by atoms with van der Waals surface area (Å²) in [5, 5.41) is 1.23. The molecule has 1 heterocycles. The van der Waals surface area contributed by atoms with Crippen LogP contribution in [0.2, 0.25) is 0 Å². The van der Waals surface area contributed by atoms with Crippen molar-refractivity contribution >= 4 is 23.6 Å². The fourth-order valence-electron chi connectivity index (χ4n) is 2.61. The summed E-state index contributed by atoms with van der Waals surface area (Å²) in [4.78, 5) is 24.9. The van der Waals surface area contributed by atoms with Gasteiger partial charge in [-0.3, -0.25) is 15.0 Å². The number of hydrogen-bond donors (Lipinski definition) is 1. The number of methoxy groups -OCH3 is 1. The predicted molar refractivity (Wildman–Crippen MR) is 102 cm³/mol. The van der Waals surface area contributed by atoms with Gasteiger partial charge in [-0.2, -0.15) is 0 Å². The second-order valence-corrected chi connectivity index (χ2v) is 5.88. The Morgan fingerprint density at radius 2 is 1.89 bits per heavy atom. The normalized spacial score (nSPS) is 14.9. The summed E-state index contributed by atoms with van der Waals surface area (Å²) in [7, 11) is 1.50. The number of anilines is 1. The molecule has 0 unspecified atom stereocenters. The lowest BCUT2D eigenvalue weighted by atomic mass is 10.1. The standard InChI is InChI=1S/C21H18N2O4/c1-4-11-27-18-10-7-15(13-19(18)26-3)12-17-20(24)22-23(21(17)25)16-8-5-14(2)6-9-16/h1,5-10,12-13H,11H2,2-3H3,(H,22,24)/b17-12-. The van der Waals surface area contributed by atoms with Crippen LogP contribution in [0.25, 0.3) is 6.08 Å². The van der Waals surface area contributed by atoms with Crippen molar-refractivity contribution in [2.24, 2.45) is 0 Å². The van der Waals surface area contributed by atoms with E-state index >= 15 is 0 Å². The number of terminal acetylenes is 1. The topological polar surface area (TPSA) is 67.9 Å². The molecule has 1 aliphatic heterocycles. The Hall–Kier alpha value is -3.72. The third kappa shape index (κ3) is 3.77. The van der Waals surface area contributed by atoms with Crippen molar-refractivity contribution in [1.82, 2.24) is 5.43 Å². The van der Waals surface area contributed by atoms with Gasteiger partial charge < -0.3 is 9.47 Å². The summed E-state index contributed by atoms with van der Waals surface area (Å²) in [6.07, 6.45) is 6.71. The minimum atomic E-state index is -0.466. The average molecular weight is 362 g/mol. The highest BCUT2D eigenvalue weighted by Gasteiger charge is 2.34. The zero-order valence-electron chi connectivity index (χ0n) is 15.0. The zero-order chi connectivity index (χ0) is 19.4. The fraction of sp³-hybridized carbons (Fsp3) is 0.143. The van der Waals surface area contributed by atoms with E-state index in [1.807, 2.05) is 19.1 Å². The van der Waals surface area contributed by atoms with Gasteiger partial charge in [-0.25, -0.2) is 5.01 Å². The van der Waals surface area contributed by atoms with Crippen LogP contribution in [-0.2, 0) is 9.59 Å². The van der Waals surface area contributed by atoms with Crippen molar-refractivity contribution < 1.29 is 19.1 Å². The molecular formula is C21H18N2O4. The molecule has 1 saturated heterocycles. The van der Waals surface area contributed by atoms with Crippen molar-refractivity contribution in [1.29, 1.82) is 0 Å². The van der Waals surface area contributed by atoms with Crippen LogP contribution < -0.4 is 19.9 Å². The van der Waals surface area contributed by atoms with Crippen molar-refractivity contribution in [2.75, 3.05) is 18.7 Å². The lowest BCUT2D eigenvalue weighted by Gasteiger charge is -2.14. The summed E-state index contributed by atoms with van der Waals surface area (Å²) in [6, 6.07) is 12.4. The van der Waals surface area contributed by atoms with Crippen LogP contribution in [0.1, 0.15) is 11.1 Å². The third-order valence-corrected chi connectivity index (χ3v) is 3.99. The smallest absolute Gasteiger partial charge is 0.282 e. The molecule has 2 aromatic rings. The number of carbonyl (C=O) groups excluding carboxylic acids is 2. The van der Waals surface area contributed by atoms with E-state index in [0.29, 0.717) is 22.7 Å². The van der Waals surface area contributed by atoms with Crippen LogP contribution in [0, 0.1) is 19.3 Å². The van der Waals surface area contributed by atoms with Gasteiger partial charge >= 0.3 is 0 Å². The molecule has 0 aliphatic carbocycles. The molecule has 6 heteroatoms. The summed E-state index contributed by atoms with van der Waals surface area (Å²) in [5.41, 5.74) is 4.90. The van der Waals surface area contributed by atoms with Crippen LogP contribution >= 0.6 is 0 Å². The van der Waals surface area contributed by atoms with E-state index in [-0.39, 0.29) is 12.2 Å². The van der Waals surface area contributed by atoms with Gasteiger partial charge in [-0.1, -0.05) is 29.7 Å². The molecule has 3 rings (SSSR count). The molecule has 27 heavy (non-hydrogen) atoms.